The smallest absolute Gasteiger partial charge is 0.306 e. The van der Waals surface area contributed by atoms with Crippen LogP contribution in [0.25, 0.3) is 0 Å². The van der Waals surface area contributed by atoms with Gasteiger partial charge in [0.2, 0.25) is 0 Å². The normalized spacial score (nSPS) is 14.4. The molecular weight excluding hydrogens is 661 g/mol. The third-order valence-corrected chi connectivity index (χ3v) is 9.33. The third kappa shape index (κ3) is 39.5. The molecule has 0 heterocycles. The maximum atomic E-state index is 12.6. The lowest BCUT2D eigenvalue weighted by atomic mass is 10.1. The number of quaternary nitrogens is 1. The van der Waals surface area contributed by atoms with Crippen molar-refractivity contribution in [1.29, 1.82) is 0 Å². The van der Waals surface area contributed by atoms with Crippen LogP contribution in [0.15, 0.2) is 48.6 Å². The van der Waals surface area contributed by atoms with Gasteiger partial charge in [0, 0.05) is 13.0 Å². The fourth-order valence-electron chi connectivity index (χ4n) is 5.20. The van der Waals surface area contributed by atoms with Gasteiger partial charge in [-0.2, -0.15) is 0 Å². The number of likely N-dealkylation sites (N-methyl/N-ethyl adjacent to an activating group) is 1. The summed E-state index contributed by atoms with van der Waals surface area (Å²) in [7, 11) is 1.33. The number of carbonyl (C=O) groups is 1. The molecule has 0 saturated carbocycles. The number of esters is 1. The van der Waals surface area contributed by atoms with Gasteiger partial charge in [-0.3, -0.25) is 9.36 Å². The molecule has 2 unspecified atom stereocenters. The van der Waals surface area contributed by atoms with Crippen molar-refractivity contribution < 1.29 is 37.3 Å². The molecule has 0 aromatic rings. The van der Waals surface area contributed by atoms with Crippen LogP contribution in [-0.4, -0.2) is 70.7 Å². The molecule has 2 atom stereocenters. The third-order valence-electron chi connectivity index (χ3n) is 8.36. The SMILES string of the molecule is CC/C=C\C/C=C\C/C=C\CCCCCC(=O)OC(COCCCCCCCC/C=C\CCCCCCCC)COP(=O)([O-])OCC[N+](C)(C)C. The van der Waals surface area contributed by atoms with Crippen molar-refractivity contribution in [3.8, 4) is 0 Å². The van der Waals surface area contributed by atoms with Gasteiger partial charge < -0.3 is 27.9 Å². The number of carbonyl (C=O) groups excluding carboxylic acids is 1. The van der Waals surface area contributed by atoms with Gasteiger partial charge in [-0.15, -0.1) is 0 Å². The van der Waals surface area contributed by atoms with E-state index in [1.54, 1.807) is 0 Å². The Labute approximate surface area is 314 Å². The summed E-state index contributed by atoms with van der Waals surface area (Å²) < 4.78 is 34.5. The first-order valence-corrected chi connectivity index (χ1v) is 21.8. The van der Waals surface area contributed by atoms with Crippen LogP contribution >= 0.6 is 7.82 Å². The summed E-state index contributed by atoms with van der Waals surface area (Å²) in [5.74, 6) is -0.367. The summed E-state index contributed by atoms with van der Waals surface area (Å²) in [5, 5.41) is 0. The molecule has 0 bridgehead atoms. The summed E-state index contributed by atoms with van der Waals surface area (Å²) in [6.45, 7) is 5.22. The highest BCUT2D eigenvalue weighted by atomic mass is 31.2. The molecule has 0 radical (unpaired) electrons. The van der Waals surface area contributed by atoms with E-state index in [4.69, 9.17) is 18.5 Å². The summed E-state index contributed by atoms with van der Waals surface area (Å²) >= 11 is 0. The Kier molecular flexibility index (Phi) is 34.4. The van der Waals surface area contributed by atoms with E-state index in [0.29, 0.717) is 24.1 Å². The maximum Gasteiger partial charge on any atom is 0.306 e. The number of nitrogens with zero attached hydrogens (tertiary/aromatic N) is 1. The van der Waals surface area contributed by atoms with Crippen molar-refractivity contribution in [1.82, 2.24) is 0 Å². The Balaban J connectivity index is 4.32. The molecule has 0 aliphatic heterocycles. The first kappa shape index (κ1) is 49.5. The topological polar surface area (TPSA) is 94.1 Å². The summed E-state index contributed by atoms with van der Waals surface area (Å²) in [5.41, 5.74) is 0. The van der Waals surface area contributed by atoms with Crippen molar-refractivity contribution in [3.63, 3.8) is 0 Å². The molecule has 0 rings (SSSR count). The molecule has 298 valence electrons. The van der Waals surface area contributed by atoms with E-state index in [9.17, 15) is 14.3 Å². The van der Waals surface area contributed by atoms with Gasteiger partial charge in [-0.25, -0.2) is 0 Å². The predicted molar refractivity (Wildman–Crippen MR) is 213 cm³/mol. The first-order valence-electron chi connectivity index (χ1n) is 20.4. The van der Waals surface area contributed by atoms with E-state index in [1.807, 2.05) is 21.1 Å². The Morgan fingerprint density at radius 3 is 1.73 bits per heavy atom. The van der Waals surface area contributed by atoms with E-state index >= 15 is 0 Å². The van der Waals surface area contributed by atoms with Crippen LogP contribution in [0.1, 0.15) is 155 Å². The standard InChI is InChI=1S/C42H78NO7P/c1-6-8-10-12-14-16-18-20-21-22-24-26-28-30-32-34-37-47-39-41(40-49-51(45,46)48-38-36-43(3,4)5)50-42(44)35-33-31-29-27-25-23-19-17-15-13-11-9-7-2/h9,11,15,17,20-21,23,25,41H,6-8,10,12-14,16,18-19,22,24,26-40H2,1-5H3/b11-9-,17-15-,21-20-,25-23-. The van der Waals surface area contributed by atoms with E-state index in [1.165, 1.54) is 77.0 Å². The van der Waals surface area contributed by atoms with E-state index in [-0.39, 0.29) is 32.2 Å². The molecule has 8 nitrogen and oxygen atoms in total. The average Bonchev–Trinajstić information content (AvgIpc) is 3.08. The molecule has 0 spiro atoms. The Hall–Kier alpha value is -1.54. The van der Waals surface area contributed by atoms with Gasteiger partial charge in [0.1, 0.15) is 19.3 Å². The van der Waals surface area contributed by atoms with Crippen molar-refractivity contribution in [2.75, 3.05) is 54.1 Å². The lowest BCUT2D eigenvalue weighted by Crippen LogP contribution is -2.37. The molecule has 0 aromatic heterocycles. The lowest BCUT2D eigenvalue weighted by Gasteiger charge is -2.28. The van der Waals surface area contributed by atoms with Gasteiger partial charge in [0.05, 0.1) is 34.4 Å². The Morgan fingerprint density at radius 2 is 1.14 bits per heavy atom. The molecule has 9 heteroatoms. The number of unbranched alkanes of at least 4 members (excludes halogenated alkanes) is 15. The van der Waals surface area contributed by atoms with E-state index < -0.39 is 13.9 Å². The van der Waals surface area contributed by atoms with Gasteiger partial charge in [-0.05, 0) is 70.6 Å². The molecule has 0 N–H and O–H groups in total. The van der Waals surface area contributed by atoms with Crippen molar-refractivity contribution >= 4 is 13.8 Å². The lowest BCUT2D eigenvalue weighted by molar-refractivity contribution is -0.870. The van der Waals surface area contributed by atoms with Crippen LogP contribution in [0.4, 0.5) is 0 Å². The molecule has 0 fully saturated rings. The zero-order chi connectivity index (χ0) is 37.7. The molecule has 0 aliphatic carbocycles. The molecular formula is C42H78NO7P. The van der Waals surface area contributed by atoms with Gasteiger partial charge in [0.15, 0.2) is 0 Å². The minimum Gasteiger partial charge on any atom is -0.756 e. The summed E-state index contributed by atoms with van der Waals surface area (Å²) in [4.78, 5) is 24.9. The first-order chi connectivity index (χ1) is 24.6. The molecule has 0 amide bonds. The highest BCUT2D eigenvalue weighted by molar-refractivity contribution is 7.45. The fraction of sp³-hybridized carbons (Fsp3) is 0.786. The molecule has 0 aromatic carbocycles. The van der Waals surface area contributed by atoms with Gasteiger partial charge in [-0.1, -0.05) is 127 Å². The number of phosphoric acid groups is 1. The Bertz CT molecular complexity index is 957. The van der Waals surface area contributed by atoms with Crippen LogP contribution in [0, 0.1) is 0 Å². The van der Waals surface area contributed by atoms with Crippen molar-refractivity contribution in [2.45, 2.75) is 161 Å². The van der Waals surface area contributed by atoms with E-state index in [2.05, 4.69) is 62.5 Å². The van der Waals surface area contributed by atoms with E-state index in [0.717, 1.165) is 51.4 Å². The molecule has 0 aliphatic rings. The summed E-state index contributed by atoms with van der Waals surface area (Å²) in [6, 6.07) is 0. The number of hydrogen-bond donors (Lipinski definition) is 0. The number of rotatable bonds is 37. The van der Waals surface area contributed by atoms with Crippen LogP contribution < -0.4 is 4.89 Å². The summed E-state index contributed by atoms with van der Waals surface area (Å²) in [6.07, 6.45) is 41.2. The number of allylic oxidation sites excluding steroid dienone is 8. The monoisotopic (exact) mass is 740 g/mol. The van der Waals surface area contributed by atoms with Crippen molar-refractivity contribution in [2.24, 2.45) is 0 Å². The molecule has 51 heavy (non-hydrogen) atoms. The van der Waals surface area contributed by atoms with Gasteiger partial charge in [0.25, 0.3) is 7.82 Å². The Morgan fingerprint density at radius 1 is 0.627 bits per heavy atom. The quantitative estimate of drug-likeness (QED) is 0.0206. The zero-order valence-electron chi connectivity index (χ0n) is 33.5. The van der Waals surface area contributed by atoms with Crippen LogP contribution in [0.2, 0.25) is 0 Å². The minimum absolute atomic E-state index is 0.0176. The zero-order valence-corrected chi connectivity index (χ0v) is 34.4. The number of hydrogen-bond acceptors (Lipinski definition) is 7. The van der Waals surface area contributed by atoms with Gasteiger partial charge >= 0.3 is 5.97 Å². The van der Waals surface area contributed by atoms with Crippen LogP contribution in [-0.2, 0) is 27.9 Å². The number of ether oxygens (including phenoxy) is 2. The number of phosphoric ester groups is 1. The highest BCUT2D eigenvalue weighted by Crippen LogP contribution is 2.38. The van der Waals surface area contributed by atoms with Crippen LogP contribution in [0.5, 0.6) is 0 Å². The maximum absolute atomic E-state index is 12.6. The highest BCUT2D eigenvalue weighted by Gasteiger charge is 2.20. The van der Waals surface area contributed by atoms with Crippen molar-refractivity contribution in [3.05, 3.63) is 48.6 Å². The second kappa shape index (κ2) is 35.5. The second-order valence-corrected chi connectivity index (χ2v) is 16.0. The predicted octanol–water partition coefficient (Wildman–Crippen LogP) is 11.0. The fourth-order valence-corrected chi connectivity index (χ4v) is 5.93. The van der Waals surface area contributed by atoms with Crippen LogP contribution in [0.3, 0.4) is 0 Å². The average molecular weight is 740 g/mol. The second-order valence-electron chi connectivity index (χ2n) is 14.6. The largest absolute Gasteiger partial charge is 0.756 e. The minimum atomic E-state index is -4.53. The molecule has 0 saturated heterocycles.